The Morgan fingerprint density at radius 2 is 1.88 bits per heavy atom. The number of halogens is 2. The first kappa shape index (κ1) is 17.3. The lowest BCUT2D eigenvalue weighted by Crippen LogP contribution is -2.83. The van der Waals surface area contributed by atoms with Gasteiger partial charge in [0.25, 0.3) is 0 Å². The van der Waals surface area contributed by atoms with Crippen LogP contribution in [0.15, 0.2) is 45.6 Å². The molecule has 130 valence electrons. The fraction of sp³-hybridized carbons (Fsp3) is 0.250. The first-order chi connectivity index (χ1) is 11.9. The van der Waals surface area contributed by atoms with Gasteiger partial charge >= 0.3 is 5.63 Å². The summed E-state index contributed by atoms with van der Waals surface area (Å²) in [6.45, 7) is 6.22. The second kappa shape index (κ2) is 6.76. The SMILES string of the molecule is Cc1ccc2c(C[NH2+][C@H](C)c3ccc(F)cc3F)cc(=O)oc2c1C. The molecule has 25 heavy (non-hydrogen) atoms. The summed E-state index contributed by atoms with van der Waals surface area (Å²) in [5.41, 5.74) is 3.46. The second-order valence-electron chi connectivity index (χ2n) is 6.37. The van der Waals surface area contributed by atoms with E-state index < -0.39 is 17.3 Å². The van der Waals surface area contributed by atoms with E-state index in [1.54, 1.807) is 0 Å². The highest BCUT2D eigenvalue weighted by atomic mass is 19.1. The maximum atomic E-state index is 13.9. The molecule has 1 atom stereocenters. The van der Waals surface area contributed by atoms with Crippen molar-refractivity contribution in [3.05, 3.63) is 80.7 Å². The maximum Gasteiger partial charge on any atom is 0.336 e. The molecule has 2 N–H and O–H groups in total. The van der Waals surface area contributed by atoms with Gasteiger partial charge in [0.15, 0.2) is 0 Å². The van der Waals surface area contributed by atoms with Crippen LogP contribution in [0.3, 0.4) is 0 Å². The molecule has 0 saturated heterocycles. The van der Waals surface area contributed by atoms with E-state index in [0.29, 0.717) is 17.7 Å². The van der Waals surface area contributed by atoms with E-state index in [9.17, 15) is 13.6 Å². The third kappa shape index (κ3) is 3.46. The molecule has 2 aromatic carbocycles. The zero-order chi connectivity index (χ0) is 18.1. The molecule has 0 aliphatic carbocycles. The average Bonchev–Trinajstić information content (AvgIpc) is 2.56. The largest absolute Gasteiger partial charge is 0.422 e. The Morgan fingerprint density at radius 3 is 2.60 bits per heavy atom. The van der Waals surface area contributed by atoms with Crippen LogP contribution < -0.4 is 10.9 Å². The Bertz CT molecular complexity index is 995. The molecule has 0 fully saturated rings. The van der Waals surface area contributed by atoms with Crippen LogP contribution in [0.4, 0.5) is 8.78 Å². The van der Waals surface area contributed by atoms with Crippen molar-refractivity contribution in [2.45, 2.75) is 33.4 Å². The van der Waals surface area contributed by atoms with E-state index in [4.69, 9.17) is 4.42 Å². The molecule has 5 heteroatoms. The van der Waals surface area contributed by atoms with Crippen LogP contribution in [0.2, 0.25) is 0 Å². The lowest BCUT2D eigenvalue weighted by atomic mass is 10.0. The van der Waals surface area contributed by atoms with Crippen molar-refractivity contribution in [3.8, 4) is 0 Å². The summed E-state index contributed by atoms with van der Waals surface area (Å²) in [6, 6.07) is 8.78. The van der Waals surface area contributed by atoms with Crippen molar-refractivity contribution in [1.29, 1.82) is 0 Å². The van der Waals surface area contributed by atoms with Crippen LogP contribution in [-0.2, 0) is 6.54 Å². The average molecular weight is 344 g/mol. The van der Waals surface area contributed by atoms with Gasteiger partial charge in [0.05, 0.1) is 0 Å². The number of hydrogen-bond donors (Lipinski definition) is 1. The minimum Gasteiger partial charge on any atom is -0.422 e. The van der Waals surface area contributed by atoms with Gasteiger partial charge in [-0.25, -0.2) is 13.6 Å². The van der Waals surface area contributed by atoms with E-state index in [1.807, 2.05) is 38.2 Å². The number of hydrogen-bond acceptors (Lipinski definition) is 2. The van der Waals surface area contributed by atoms with Crippen LogP contribution in [0.1, 0.15) is 35.2 Å². The highest BCUT2D eigenvalue weighted by Crippen LogP contribution is 2.23. The van der Waals surface area contributed by atoms with Crippen molar-refractivity contribution in [1.82, 2.24) is 0 Å². The van der Waals surface area contributed by atoms with Crippen LogP contribution in [0, 0.1) is 25.5 Å². The summed E-state index contributed by atoms with van der Waals surface area (Å²) in [7, 11) is 0. The zero-order valence-corrected chi connectivity index (χ0v) is 14.4. The van der Waals surface area contributed by atoms with Gasteiger partial charge in [-0.1, -0.05) is 12.1 Å². The van der Waals surface area contributed by atoms with Gasteiger partial charge in [0, 0.05) is 28.6 Å². The van der Waals surface area contributed by atoms with E-state index >= 15 is 0 Å². The van der Waals surface area contributed by atoms with E-state index in [1.165, 1.54) is 18.2 Å². The quantitative estimate of drug-likeness (QED) is 0.736. The number of nitrogens with two attached hydrogens (primary N) is 1. The molecule has 1 heterocycles. The molecule has 0 aliphatic heterocycles. The molecule has 0 radical (unpaired) electrons. The van der Waals surface area contributed by atoms with Crippen LogP contribution >= 0.6 is 0 Å². The molecule has 0 unspecified atom stereocenters. The Kier molecular flexibility index (Phi) is 4.68. The molecular weight excluding hydrogens is 324 g/mol. The number of quaternary nitrogens is 1. The molecule has 0 saturated carbocycles. The Balaban J connectivity index is 1.90. The summed E-state index contributed by atoms with van der Waals surface area (Å²) < 4.78 is 32.3. The van der Waals surface area contributed by atoms with Gasteiger partial charge in [0.2, 0.25) is 0 Å². The fourth-order valence-corrected chi connectivity index (χ4v) is 2.99. The molecule has 1 aromatic heterocycles. The van der Waals surface area contributed by atoms with Crippen LogP contribution in [-0.4, -0.2) is 0 Å². The minimum atomic E-state index is -0.592. The van der Waals surface area contributed by atoms with E-state index in [-0.39, 0.29) is 6.04 Å². The van der Waals surface area contributed by atoms with Gasteiger partial charge in [0.1, 0.15) is 29.8 Å². The van der Waals surface area contributed by atoms with Crippen LogP contribution in [0.25, 0.3) is 11.0 Å². The summed E-state index contributed by atoms with van der Waals surface area (Å²) in [6.07, 6.45) is 0. The first-order valence-electron chi connectivity index (χ1n) is 8.18. The van der Waals surface area contributed by atoms with E-state index in [2.05, 4.69) is 0 Å². The van der Waals surface area contributed by atoms with Gasteiger partial charge in [-0.2, -0.15) is 0 Å². The van der Waals surface area contributed by atoms with Crippen molar-refractivity contribution in [2.24, 2.45) is 0 Å². The minimum absolute atomic E-state index is 0.213. The summed E-state index contributed by atoms with van der Waals surface area (Å²) >= 11 is 0. The number of aryl methyl sites for hydroxylation is 2. The van der Waals surface area contributed by atoms with E-state index in [0.717, 1.165) is 28.1 Å². The zero-order valence-electron chi connectivity index (χ0n) is 14.4. The topological polar surface area (TPSA) is 46.8 Å². The lowest BCUT2D eigenvalue weighted by Gasteiger charge is -2.13. The lowest BCUT2D eigenvalue weighted by molar-refractivity contribution is -0.708. The van der Waals surface area contributed by atoms with Gasteiger partial charge < -0.3 is 9.73 Å². The number of fused-ring (bicyclic) bond motifs is 1. The van der Waals surface area contributed by atoms with Gasteiger partial charge in [-0.05, 0) is 44.0 Å². The van der Waals surface area contributed by atoms with Crippen molar-refractivity contribution in [2.75, 3.05) is 0 Å². The highest BCUT2D eigenvalue weighted by Gasteiger charge is 2.16. The molecule has 0 bridgehead atoms. The Morgan fingerprint density at radius 1 is 1.12 bits per heavy atom. The molecular formula is C20H20F2NO2+. The molecule has 0 aliphatic rings. The predicted octanol–water partition coefficient (Wildman–Crippen LogP) is 3.51. The third-order valence-electron chi connectivity index (χ3n) is 4.66. The van der Waals surface area contributed by atoms with Crippen LogP contribution in [0.5, 0.6) is 0 Å². The highest BCUT2D eigenvalue weighted by molar-refractivity contribution is 5.83. The Hall–Kier alpha value is -2.53. The normalized spacial score (nSPS) is 12.5. The molecule has 3 nitrogen and oxygen atoms in total. The second-order valence-corrected chi connectivity index (χ2v) is 6.37. The van der Waals surface area contributed by atoms with Crippen molar-refractivity contribution in [3.63, 3.8) is 0 Å². The summed E-state index contributed by atoms with van der Waals surface area (Å²) in [4.78, 5) is 11.9. The monoisotopic (exact) mass is 344 g/mol. The Labute approximate surface area is 144 Å². The maximum absolute atomic E-state index is 13.9. The molecule has 0 amide bonds. The van der Waals surface area contributed by atoms with Crippen molar-refractivity contribution >= 4 is 11.0 Å². The van der Waals surface area contributed by atoms with Crippen molar-refractivity contribution < 1.29 is 18.5 Å². The number of rotatable bonds is 4. The first-order valence-corrected chi connectivity index (χ1v) is 8.18. The van der Waals surface area contributed by atoms with Gasteiger partial charge in [-0.3, -0.25) is 0 Å². The molecule has 3 aromatic rings. The summed E-state index contributed by atoms with van der Waals surface area (Å²) in [5, 5.41) is 2.80. The number of benzene rings is 2. The predicted molar refractivity (Wildman–Crippen MR) is 92.4 cm³/mol. The summed E-state index contributed by atoms with van der Waals surface area (Å²) in [5.74, 6) is -1.15. The third-order valence-corrected chi connectivity index (χ3v) is 4.66. The fourth-order valence-electron chi connectivity index (χ4n) is 2.99. The smallest absolute Gasteiger partial charge is 0.336 e. The molecule has 3 rings (SSSR count). The standard InChI is InChI=1S/C20H19F2NO2/c1-11-4-6-17-14(8-19(24)25-20(17)12(11)2)10-23-13(3)16-7-5-15(21)9-18(16)22/h4-9,13,23H,10H2,1-3H3/p+1/t13-/m1/s1. The molecule has 0 spiro atoms. The van der Waals surface area contributed by atoms with Gasteiger partial charge in [-0.15, -0.1) is 0 Å².